The molecule has 0 spiro atoms. The van der Waals surface area contributed by atoms with Crippen molar-refractivity contribution >= 4 is 54.3 Å². The zero-order chi connectivity index (χ0) is 27.3. The summed E-state index contributed by atoms with van der Waals surface area (Å²) < 4.78 is 0. The van der Waals surface area contributed by atoms with E-state index in [4.69, 9.17) is 0 Å². The predicted octanol–water partition coefficient (Wildman–Crippen LogP) is 7.22. The molecule has 210 valence electrons. The third-order valence-electron chi connectivity index (χ3n) is 7.77. The van der Waals surface area contributed by atoms with Crippen LogP contribution in [0.15, 0.2) is 42.5 Å². The van der Waals surface area contributed by atoms with Crippen LogP contribution in [0.2, 0.25) is 0 Å². The van der Waals surface area contributed by atoms with Gasteiger partial charge in [-0.3, -0.25) is 4.79 Å². The Hall–Kier alpha value is -1.32. The standard InChI is InChI=1S/C32H45NO3S2.Li.H/c1-4-38-22-26(15-14-24-11-6-5-7-12-24)20-25-16-17-28(29(21-25)27-13-9-8-10-23(27)2)31(34)33-30(32(35)36)18-19-37-3;;/h8-10,13,16-17,21,24,26,30H,4-7,11-12,14-15,18-20,22H2,1-3H3,(H,33,34)(H,35,36);;/t26?,30-;;/m0../s1. The first kappa shape index (κ1) is 33.9. The zero-order valence-electron chi connectivity index (χ0n) is 23.3. The van der Waals surface area contributed by atoms with E-state index in [1.165, 1.54) is 56.3 Å². The molecule has 0 saturated heterocycles. The summed E-state index contributed by atoms with van der Waals surface area (Å²) in [6.45, 7) is 4.29. The van der Waals surface area contributed by atoms with E-state index in [0.29, 0.717) is 23.7 Å². The number of carboxylic acids is 1. The average molecular weight is 564 g/mol. The van der Waals surface area contributed by atoms with Gasteiger partial charge in [0.05, 0.1) is 0 Å². The second-order valence-electron chi connectivity index (χ2n) is 10.7. The second kappa shape index (κ2) is 18.2. The molecule has 0 radical (unpaired) electrons. The van der Waals surface area contributed by atoms with Crippen LogP contribution in [0.3, 0.4) is 0 Å². The van der Waals surface area contributed by atoms with Crippen molar-refractivity contribution in [2.24, 2.45) is 11.8 Å². The minimum atomic E-state index is -0.990. The van der Waals surface area contributed by atoms with Gasteiger partial charge < -0.3 is 10.4 Å². The Morgan fingerprint density at radius 1 is 1.05 bits per heavy atom. The number of amides is 1. The van der Waals surface area contributed by atoms with Crippen molar-refractivity contribution < 1.29 is 14.7 Å². The molecule has 2 N–H and O–H groups in total. The molecule has 1 amide bonds. The Morgan fingerprint density at radius 3 is 2.46 bits per heavy atom. The van der Waals surface area contributed by atoms with E-state index in [9.17, 15) is 14.7 Å². The van der Waals surface area contributed by atoms with Gasteiger partial charge in [-0.2, -0.15) is 23.5 Å². The van der Waals surface area contributed by atoms with E-state index in [2.05, 4.69) is 43.4 Å². The van der Waals surface area contributed by atoms with Gasteiger partial charge in [0.15, 0.2) is 0 Å². The molecule has 1 aliphatic rings. The molecule has 0 aromatic heterocycles. The van der Waals surface area contributed by atoms with Gasteiger partial charge >= 0.3 is 24.8 Å². The number of aryl methyl sites for hydroxylation is 1. The Balaban J connectivity index is 0.00000533. The zero-order valence-corrected chi connectivity index (χ0v) is 25.0. The first-order valence-corrected chi connectivity index (χ1v) is 16.8. The SMILES string of the molecule is CCSCC(CCC1CCCCC1)Cc1ccc(C(=O)N[C@@H](CCSC)C(=O)O)c(-c2ccccc2C)c1.[LiH]. The summed E-state index contributed by atoms with van der Waals surface area (Å²) in [6, 6.07) is 13.4. The maximum absolute atomic E-state index is 13.4. The van der Waals surface area contributed by atoms with Gasteiger partial charge in [-0.1, -0.05) is 81.8 Å². The molecule has 2 aromatic carbocycles. The van der Waals surface area contributed by atoms with Gasteiger partial charge in [0, 0.05) is 5.56 Å². The normalized spacial score (nSPS) is 15.3. The van der Waals surface area contributed by atoms with Crippen molar-refractivity contribution in [3.8, 4) is 11.1 Å². The van der Waals surface area contributed by atoms with E-state index in [1.54, 1.807) is 11.8 Å². The van der Waals surface area contributed by atoms with E-state index in [-0.39, 0.29) is 24.8 Å². The van der Waals surface area contributed by atoms with Gasteiger partial charge in [-0.05, 0) is 89.9 Å². The van der Waals surface area contributed by atoms with Gasteiger partial charge in [0.2, 0.25) is 0 Å². The maximum atomic E-state index is 13.4. The molecule has 1 unspecified atom stereocenters. The van der Waals surface area contributed by atoms with Crippen LogP contribution in [0.1, 0.15) is 79.8 Å². The van der Waals surface area contributed by atoms with Crippen LogP contribution in [0, 0.1) is 18.8 Å². The summed E-state index contributed by atoms with van der Waals surface area (Å²) in [5.41, 5.74) is 4.81. The fraction of sp³-hybridized carbons (Fsp3) is 0.562. The summed E-state index contributed by atoms with van der Waals surface area (Å²) in [5.74, 6) is 3.18. The molecule has 2 atom stereocenters. The number of carboxylic acid groups (broad SMARTS) is 1. The first-order chi connectivity index (χ1) is 18.4. The number of thioether (sulfide) groups is 2. The van der Waals surface area contributed by atoms with Gasteiger partial charge in [-0.25, -0.2) is 4.79 Å². The van der Waals surface area contributed by atoms with E-state index in [1.807, 2.05) is 36.2 Å². The average Bonchev–Trinajstić information content (AvgIpc) is 2.93. The molecule has 7 heteroatoms. The fourth-order valence-corrected chi connectivity index (χ4v) is 6.88. The Labute approximate surface area is 256 Å². The topological polar surface area (TPSA) is 66.4 Å². The molecule has 3 rings (SSSR count). The number of aliphatic carboxylic acids is 1. The Morgan fingerprint density at radius 2 is 1.79 bits per heavy atom. The summed E-state index contributed by atoms with van der Waals surface area (Å²) >= 11 is 3.61. The predicted molar refractivity (Wildman–Crippen MR) is 172 cm³/mol. The summed E-state index contributed by atoms with van der Waals surface area (Å²) in [6.07, 6.45) is 12.9. The van der Waals surface area contributed by atoms with Crippen molar-refractivity contribution in [2.45, 2.75) is 77.7 Å². The van der Waals surface area contributed by atoms with Crippen molar-refractivity contribution in [3.05, 3.63) is 59.2 Å². The number of hydrogen-bond acceptors (Lipinski definition) is 4. The van der Waals surface area contributed by atoms with E-state index < -0.39 is 12.0 Å². The van der Waals surface area contributed by atoms with Crippen LogP contribution in [0.25, 0.3) is 11.1 Å². The molecule has 2 aromatic rings. The van der Waals surface area contributed by atoms with Crippen molar-refractivity contribution in [3.63, 3.8) is 0 Å². The molecule has 39 heavy (non-hydrogen) atoms. The van der Waals surface area contributed by atoms with Gasteiger partial charge in [0.25, 0.3) is 5.91 Å². The quantitative estimate of drug-likeness (QED) is 0.224. The van der Waals surface area contributed by atoms with Crippen molar-refractivity contribution in [2.75, 3.05) is 23.5 Å². The molecule has 1 fully saturated rings. The van der Waals surface area contributed by atoms with Gasteiger partial charge in [-0.15, -0.1) is 0 Å². The van der Waals surface area contributed by atoms with Crippen LogP contribution in [-0.4, -0.2) is 65.4 Å². The molecule has 1 saturated carbocycles. The summed E-state index contributed by atoms with van der Waals surface area (Å²) in [7, 11) is 0. The molecule has 0 bridgehead atoms. The fourth-order valence-electron chi connectivity index (χ4n) is 5.55. The van der Waals surface area contributed by atoms with Crippen LogP contribution in [0.4, 0.5) is 0 Å². The first-order valence-electron chi connectivity index (χ1n) is 14.2. The molecule has 1 aliphatic carbocycles. The van der Waals surface area contributed by atoms with Crippen LogP contribution < -0.4 is 5.32 Å². The Kier molecular flexibility index (Phi) is 15.8. The van der Waals surface area contributed by atoms with Crippen molar-refractivity contribution in [1.29, 1.82) is 0 Å². The monoisotopic (exact) mass is 563 g/mol. The Bertz CT molecular complexity index is 1040. The van der Waals surface area contributed by atoms with Crippen LogP contribution in [-0.2, 0) is 11.2 Å². The number of carbonyl (C=O) groups excluding carboxylic acids is 1. The van der Waals surface area contributed by atoms with E-state index >= 15 is 0 Å². The molecular formula is C32H46LiNO3S2. The molecule has 4 nitrogen and oxygen atoms in total. The third kappa shape index (κ3) is 10.9. The number of benzene rings is 2. The second-order valence-corrected chi connectivity index (χ2v) is 13.0. The number of hydrogen-bond donors (Lipinski definition) is 2. The van der Waals surface area contributed by atoms with E-state index in [0.717, 1.165) is 34.8 Å². The number of nitrogens with one attached hydrogen (secondary N) is 1. The van der Waals surface area contributed by atoms with Gasteiger partial charge in [0.1, 0.15) is 6.04 Å². The molecule has 0 aliphatic heterocycles. The van der Waals surface area contributed by atoms with Crippen LogP contribution >= 0.6 is 23.5 Å². The minimum absolute atomic E-state index is 0. The van der Waals surface area contributed by atoms with Crippen molar-refractivity contribution in [1.82, 2.24) is 5.32 Å². The van der Waals surface area contributed by atoms with Crippen LogP contribution in [0.5, 0.6) is 0 Å². The molecule has 0 heterocycles. The molecular weight excluding hydrogens is 517 g/mol. The third-order valence-corrected chi connectivity index (χ3v) is 9.53. The summed E-state index contributed by atoms with van der Waals surface area (Å²) in [4.78, 5) is 25.2. The number of rotatable bonds is 15. The number of carbonyl (C=O) groups is 2. The summed E-state index contributed by atoms with van der Waals surface area (Å²) in [5, 5.41) is 12.4.